The maximum atomic E-state index is 12.9. The molecule has 144 valence electrons. The minimum Gasteiger partial charge on any atom is -0.340 e. The first kappa shape index (κ1) is 17.6. The van der Waals surface area contributed by atoms with Crippen LogP contribution in [0.3, 0.4) is 0 Å². The molecular formula is C21H22N4O2S. The highest BCUT2D eigenvalue weighted by atomic mass is 32.1. The third-order valence-corrected chi connectivity index (χ3v) is 7.02. The monoisotopic (exact) mass is 394 g/mol. The van der Waals surface area contributed by atoms with E-state index in [-0.39, 0.29) is 18.0 Å². The van der Waals surface area contributed by atoms with Crippen LogP contribution in [0.25, 0.3) is 10.2 Å². The molecule has 0 radical (unpaired) electrons. The van der Waals surface area contributed by atoms with Crippen LogP contribution >= 0.6 is 11.3 Å². The van der Waals surface area contributed by atoms with Gasteiger partial charge >= 0.3 is 0 Å². The van der Waals surface area contributed by atoms with Crippen molar-refractivity contribution in [1.82, 2.24) is 19.4 Å². The number of nitrogens with zero attached hydrogens (tertiary/aromatic N) is 4. The number of benzene rings is 1. The normalized spacial score (nSPS) is 24.8. The van der Waals surface area contributed by atoms with Crippen molar-refractivity contribution in [3.8, 4) is 0 Å². The topological polar surface area (TPSA) is 58.4 Å². The number of carbonyl (C=O) groups is 1. The summed E-state index contributed by atoms with van der Waals surface area (Å²) in [5.74, 6) is 0.920. The maximum Gasteiger partial charge on any atom is 0.271 e. The molecule has 2 fully saturated rings. The van der Waals surface area contributed by atoms with Gasteiger partial charge in [-0.25, -0.2) is 4.98 Å². The summed E-state index contributed by atoms with van der Waals surface area (Å²) in [5.41, 5.74) is 1.88. The number of likely N-dealkylation sites (tertiary alicyclic amines) is 2. The molecular weight excluding hydrogens is 372 g/mol. The number of aromatic nitrogens is 2. The summed E-state index contributed by atoms with van der Waals surface area (Å²) < 4.78 is 2.05. The molecule has 2 aliphatic rings. The summed E-state index contributed by atoms with van der Waals surface area (Å²) >= 11 is 1.37. The van der Waals surface area contributed by atoms with Gasteiger partial charge < -0.3 is 4.90 Å². The second-order valence-electron chi connectivity index (χ2n) is 7.83. The summed E-state index contributed by atoms with van der Waals surface area (Å²) in [5, 5.41) is 1.85. The Hall–Kier alpha value is -2.51. The third-order valence-electron chi connectivity index (χ3n) is 6.13. The fraction of sp³-hybridized carbons (Fsp3) is 0.381. The standard InChI is InChI=1S/C21H22N4O2S/c1-23-9-15-10-24(11-16(15)19(23)14-5-3-2-4-6-14)18(26)12-25-13-22-17-7-8-28-20(17)21(25)27/h2-8,13,15-16,19H,9-12H2,1H3/t15-,16+,19-/m0/s1. The van der Waals surface area contributed by atoms with Crippen molar-refractivity contribution >= 4 is 27.5 Å². The van der Waals surface area contributed by atoms with E-state index >= 15 is 0 Å². The Balaban J connectivity index is 1.34. The minimum atomic E-state index is -0.130. The SMILES string of the molecule is CN1C[C@H]2CN(C(=O)Cn3cnc4ccsc4c3=O)C[C@H]2[C@@H]1c1ccccc1. The molecule has 1 amide bonds. The predicted octanol–water partition coefficient (Wildman–Crippen LogP) is 2.22. The molecule has 0 saturated carbocycles. The molecule has 0 bridgehead atoms. The zero-order valence-electron chi connectivity index (χ0n) is 15.7. The Morgan fingerprint density at radius 2 is 2.00 bits per heavy atom. The van der Waals surface area contributed by atoms with Crippen LogP contribution in [0, 0.1) is 11.8 Å². The molecule has 4 heterocycles. The number of thiophene rings is 1. The first-order valence-corrected chi connectivity index (χ1v) is 10.5. The van der Waals surface area contributed by atoms with Crippen molar-refractivity contribution in [3.63, 3.8) is 0 Å². The zero-order valence-corrected chi connectivity index (χ0v) is 16.5. The number of hydrogen-bond acceptors (Lipinski definition) is 5. The van der Waals surface area contributed by atoms with Crippen LogP contribution in [0.1, 0.15) is 11.6 Å². The van der Waals surface area contributed by atoms with E-state index in [0.29, 0.717) is 28.1 Å². The van der Waals surface area contributed by atoms with Gasteiger partial charge in [-0.2, -0.15) is 0 Å². The molecule has 0 unspecified atom stereocenters. The molecule has 7 heteroatoms. The van der Waals surface area contributed by atoms with E-state index in [9.17, 15) is 9.59 Å². The molecule has 6 nitrogen and oxygen atoms in total. The van der Waals surface area contributed by atoms with Crippen molar-refractivity contribution in [2.75, 3.05) is 26.7 Å². The van der Waals surface area contributed by atoms with Crippen LogP contribution in [0.4, 0.5) is 0 Å². The minimum absolute atomic E-state index is 0.00340. The molecule has 5 rings (SSSR count). The van der Waals surface area contributed by atoms with E-state index in [1.54, 1.807) is 0 Å². The van der Waals surface area contributed by atoms with Crippen LogP contribution < -0.4 is 5.56 Å². The average Bonchev–Trinajstić information content (AvgIpc) is 3.39. The molecule has 2 saturated heterocycles. The van der Waals surface area contributed by atoms with Gasteiger partial charge in [-0.3, -0.25) is 19.1 Å². The van der Waals surface area contributed by atoms with E-state index < -0.39 is 0 Å². The summed E-state index contributed by atoms with van der Waals surface area (Å²) in [6.07, 6.45) is 1.49. The number of rotatable bonds is 3. The predicted molar refractivity (Wildman–Crippen MR) is 109 cm³/mol. The third kappa shape index (κ3) is 2.86. The van der Waals surface area contributed by atoms with E-state index in [1.165, 1.54) is 27.8 Å². The van der Waals surface area contributed by atoms with Crippen molar-refractivity contribution in [2.45, 2.75) is 12.6 Å². The second-order valence-corrected chi connectivity index (χ2v) is 8.75. The van der Waals surface area contributed by atoms with Gasteiger partial charge in [0.05, 0.1) is 11.8 Å². The summed E-state index contributed by atoms with van der Waals surface area (Å²) in [4.78, 5) is 34.1. The second kappa shape index (κ2) is 6.83. The summed E-state index contributed by atoms with van der Waals surface area (Å²) in [6, 6.07) is 12.7. The number of carbonyl (C=O) groups excluding carboxylic acids is 1. The van der Waals surface area contributed by atoms with E-state index in [0.717, 1.165) is 19.6 Å². The Labute approximate surface area is 167 Å². The fourth-order valence-corrected chi connectivity index (χ4v) is 5.64. The molecule has 0 aliphatic carbocycles. The Kier molecular flexibility index (Phi) is 4.29. The van der Waals surface area contributed by atoms with Gasteiger partial charge in [-0.15, -0.1) is 11.3 Å². The fourth-order valence-electron chi connectivity index (χ4n) is 4.85. The van der Waals surface area contributed by atoms with Gasteiger partial charge in [0.2, 0.25) is 5.91 Å². The molecule has 3 atom stereocenters. The highest BCUT2D eigenvalue weighted by molar-refractivity contribution is 7.17. The van der Waals surface area contributed by atoms with E-state index in [4.69, 9.17) is 0 Å². The molecule has 0 spiro atoms. The van der Waals surface area contributed by atoms with Gasteiger partial charge in [0, 0.05) is 31.6 Å². The lowest BCUT2D eigenvalue weighted by molar-refractivity contribution is -0.131. The van der Waals surface area contributed by atoms with Gasteiger partial charge in [0.1, 0.15) is 11.2 Å². The summed E-state index contributed by atoms with van der Waals surface area (Å²) in [7, 11) is 2.17. The first-order chi connectivity index (χ1) is 13.6. The highest BCUT2D eigenvalue weighted by Gasteiger charge is 2.47. The first-order valence-electron chi connectivity index (χ1n) is 9.57. The summed E-state index contributed by atoms with van der Waals surface area (Å²) in [6.45, 7) is 2.57. The van der Waals surface area contributed by atoms with Crippen molar-refractivity contribution < 1.29 is 4.79 Å². The molecule has 0 N–H and O–H groups in total. The largest absolute Gasteiger partial charge is 0.340 e. The maximum absolute atomic E-state index is 12.9. The van der Waals surface area contributed by atoms with Crippen molar-refractivity contribution in [2.24, 2.45) is 11.8 Å². The highest BCUT2D eigenvalue weighted by Crippen LogP contribution is 2.43. The van der Waals surface area contributed by atoms with Crippen LogP contribution in [0.2, 0.25) is 0 Å². The lowest BCUT2D eigenvalue weighted by Gasteiger charge is -2.27. The molecule has 2 aromatic heterocycles. The quantitative estimate of drug-likeness (QED) is 0.684. The van der Waals surface area contributed by atoms with Crippen LogP contribution in [-0.2, 0) is 11.3 Å². The van der Waals surface area contributed by atoms with Crippen LogP contribution in [0.15, 0.2) is 52.9 Å². The lowest BCUT2D eigenvalue weighted by atomic mass is 9.90. The number of fused-ring (bicyclic) bond motifs is 2. The molecule has 1 aromatic carbocycles. The Morgan fingerprint density at radius 1 is 1.18 bits per heavy atom. The zero-order chi connectivity index (χ0) is 19.3. The van der Waals surface area contributed by atoms with Gasteiger partial charge in [0.15, 0.2) is 0 Å². The Morgan fingerprint density at radius 3 is 2.82 bits per heavy atom. The smallest absolute Gasteiger partial charge is 0.271 e. The van der Waals surface area contributed by atoms with Gasteiger partial charge in [-0.05, 0) is 30.0 Å². The number of hydrogen-bond donors (Lipinski definition) is 0. The molecule has 3 aromatic rings. The number of amides is 1. The molecule has 28 heavy (non-hydrogen) atoms. The van der Waals surface area contributed by atoms with E-state index in [1.807, 2.05) is 22.4 Å². The van der Waals surface area contributed by atoms with Crippen LogP contribution in [0.5, 0.6) is 0 Å². The van der Waals surface area contributed by atoms with Gasteiger partial charge in [0.25, 0.3) is 5.56 Å². The van der Waals surface area contributed by atoms with E-state index in [2.05, 4.69) is 41.2 Å². The lowest BCUT2D eigenvalue weighted by Crippen LogP contribution is -2.37. The van der Waals surface area contributed by atoms with Crippen molar-refractivity contribution in [3.05, 3.63) is 64.0 Å². The average molecular weight is 395 g/mol. The van der Waals surface area contributed by atoms with Crippen molar-refractivity contribution in [1.29, 1.82) is 0 Å². The van der Waals surface area contributed by atoms with Gasteiger partial charge in [-0.1, -0.05) is 30.3 Å². The van der Waals surface area contributed by atoms with Crippen LogP contribution in [-0.4, -0.2) is 51.9 Å². The Bertz CT molecular complexity index is 1080. The molecule has 2 aliphatic heterocycles.